The van der Waals surface area contributed by atoms with Gasteiger partial charge in [0.1, 0.15) is 18.4 Å². The number of Topliss-reactive ketones (excluding diaryl/α,β-unsaturated/α-hetero) is 1. The second kappa shape index (κ2) is 14.1. The van der Waals surface area contributed by atoms with Gasteiger partial charge in [0.2, 0.25) is 0 Å². The Kier molecular flexibility index (Phi) is 10.3. The van der Waals surface area contributed by atoms with E-state index in [9.17, 15) is 19.5 Å². The lowest BCUT2D eigenvalue weighted by Gasteiger charge is -2.75. The fourth-order valence-corrected chi connectivity index (χ4v) is 14.1. The van der Waals surface area contributed by atoms with Crippen LogP contribution < -0.4 is 0 Å². The van der Waals surface area contributed by atoms with Crippen molar-refractivity contribution in [3.63, 3.8) is 0 Å². The molecule has 310 valence electrons. The van der Waals surface area contributed by atoms with Crippen LogP contribution in [0.15, 0.2) is 46.4 Å². The van der Waals surface area contributed by atoms with Gasteiger partial charge in [-0.05, 0) is 134 Å². The predicted octanol–water partition coefficient (Wildman–Crippen LogP) is 10.7. The summed E-state index contributed by atoms with van der Waals surface area (Å²) in [5.74, 6) is 0.397. The van der Waals surface area contributed by atoms with Crippen molar-refractivity contribution >= 4 is 29.2 Å². The van der Waals surface area contributed by atoms with Gasteiger partial charge < -0.3 is 14.6 Å². The summed E-state index contributed by atoms with van der Waals surface area (Å²) in [4.78, 5) is 49.3. The Balaban J connectivity index is 1.20. The number of carboxylic acid groups (broad SMARTS) is 1. The Morgan fingerprint density at radius 3 is 2.37 bits per heavy atom. The zero-order chi connectivity index (χ0) is 41.6. The maximum atomic E-state index is 14.4. The number of aromatic nitrogens is 1. The number of carbonyl (C=O) groups is 3. The molecule has 0 radical (unpaired) electrons. The van der Waals surface area contributed by atoms with Crippen LogP contribution in [0.4, 0.5) is 0 Å². The van der Waals surface area contributed by atoms with Gasteiger partial charge in [-0.2, -0.15) is 0 Å². The minimum Gasteiger partial charge on any atom is -0.481 e. The molecule has 1 aromatic heterocycles. The molecule has 8 atom stereocenters. The Morgan fingerprint density at radius 2 is 1.72 bits per heavy atom. The van der Waals surface area contributed by atoms with Gasteiger partial charge in [-0.15, -0.1) is 0 Å². The number of aliphatic carboxylic acids is 1. The molecule has 4 fully saturated rings. The van der Waals surface area contributed by atoms with Crippen LogP contribution in [0.3, 0.4) is 0 Å². The number of carbonyl (C=O) groups excluding carboxylic acids is 2. The number of fused-ring (bicyclic) bond motifs is 7. The second-order valence-electron chi connectivity index (χ2n) is 21.4. The highest BCUT2D eigenvalue weighted by Gasteiger charge is 2.74. The lowest BCUT2D eigenvalue weighted by Crippen LogP contribution is -2.68. The molecule has 1 N–H and O–H groups in total. The van der Waals surface area contributed by atoms with Crippen LogP contribution >= 0.6 is 0 Å². The number of rotatable bonds is 9. The monoisotopic (exact) mass is 781 g/mol. The number of ketones is 1. The maximum Gasteiger partial charge on any atom is 0.309 e. The number of aryl methyl sites for hydroxylation is 1. The van der Waals surface area contributed by atoms with E-state index in [0.717, 1.165) is 81.2 Å². The SMILES string of the molecule is CCCc1ccc(C2=C=CN=C(C34CCC5(C)C(C)(CCC6C7(C)CCC(OC(=O)CC(C)(C)C(=O)O)C(C)(C)C7CCC65C)C3=C(C(C)C)C(=O)C4)CO2)nc1. The van der Waals surface area contributed by atoms with E-state index in [1.54, 1.807) is 20.0 Å². The van der Waals surface area contributed by atoms with Crippen molar-refractivity contribution in [3.05, 3.63) is 52.7 Å². The predicted molar refractivity (Wildman–Crippen MR) is 223 cm³/mol. The van der Waals surface area contributed by atoms with Gasteiger partial charge in [0.05, 0.1) is 23.7 Å². The number of pyridine rings is 1. The molecule has 0 aromatic carbocycles. The standard InChI is InChI=1S/C49H68N2O6/c1-12-13-31-14-15-32(51-28-31)34-19-25-50-37(29-56-34)49-24-23-48(11)46(9)21-16-35-44(6,7)38(57-39(53)27-43(4,5)42(54)55)18-20-45(35,8)36(46)17-22-47(48,10)41(49)40(30(2)3)33(52)26-49/h14-15,25,28,30,35-36,38H,12-13,16-18,20-24,26-27,29H2,1-11H3,(H,54,55). The number of ether oxygens (including phenoxy) is 2. The molecule has 8 unspecified atom stereocenters. The third-order valence-electron chi connectivity index (χ3n) is 17.4. The lowest BCUT2D eigenvalue weighted by atomic mass is 9.29. The largest absolute Gasteiger partial charge is 0.481 e. The number of nitrogens with zero attached hydrogens (tertiary/aromatic N) is 2. The molecule has 8 heteroatoms. The van der Waals surface area contributed by atoms with E-state index in [1.165, 1.54) is 11.1 Å². The normalized spacial score (nSPS) is 37.2. The summed E-state index contributed by atoms with van der Waals surface area (Å²) >= 11 is 0. The summed E-state index contributed by atoms with van der Waals surface area (Å²) in [5, 5.41) is 9.66. The molecule has 0 saturated heterocycles. The number of hydrogen-bond donors (Lipinski definition) is 1. The molecule has 57 heavy (non-hydrogen) atoms. The van der Waals surface area contributed by atoms with Crippen molar-refractivity contribution in [1.29, 1.82) is 0 Å². The summed E-state index contributed by atoms with van der Waals surface area (Å²) in [6.45, 7) is 24.8. The summed E-state index contributed by atoms with van der Waals surface area (Å²) in [6, 6.07) is 4.12. The first kappa shape index (κ1) is 41.6. The van der Waals surface area contributed by atoms with Gasteiger partial charge >= 0.3 is 11.9 Å². The minimum absolute atomic E-state index is 0.0231. The van der Waals surface area contributed by atoms with Crippen LogP contribution in [0.2, 0.25) is 0 Å². The molecular weight excluding hydrogens is 713 g/mol. The van der Waals surface area contributed by atoms with Gasteiger partial charge in [-0.3, -0.25) is 24.4 Å². The van der Waals surface area contributed by atoms with Crippen LogP contribution in [0, 0.1) is 55.7 Å². The molecule has 0 amide bonds. The minimum atomic E-state index is -1.17. The number of hydrogen-bond acceptors (Lipinski definition) is 7. The third kappa shape index (κ3) is 6.15. The third-order valence-corrected chi connectivity index (χ3v) is 17.4. The van der Waals surface area contributed by atoms with E-state index >= 15 is 0 Å². The van der Waals surface area contributed by atoms with Gasteiger partial charge in [0.15, 0.2) is 11.5 Å². The summed E-state index contributed by atoms with van der Waals surface area (Å²) in [7, 11) is 0. The Bertz CT molecular complexity index is 1970. The van der Waals surface area contributed by atoms with Crippen LogP contribution in [-0.4, -0.2) is 46.2 Å². The molecular formula is C49H68N2O6. The fourth-order valence-electron chi connectivity index (χ4n) is 14.1. The molecule has 1 aliphatic heterocycles. The van der Waals surface area contributed by atoms with Gasteiger partial charge in [-0.1, -0.05) is 80.5 Å². The van der Waals surface area contributed by atoms with Crippen molar-refractivity contribution in [2.75, 3.05) is 6.61 Å². The van der Waals surface area contributed by atoms with Crippen molar-refractivity contribution in [2.45, 2.75) is 159 Å². The van der Waals surface area contributed by atoms with Crippen LogP contribution in [0.1, 0.15) is 158 Å². The van der Waals surface area contributed by atoms with Gasteiger partial charge in [0, 0.05) is 23.4 Å². The Labute approximate surface area is 341 Å². The molecule has 0 spiro atoms. The van der Waals surface area contributed by atoms with E-state index in [0.29, 0.717) is 30.6 Å². The van der Waals surface area contributed by atoms with E-state index in [2.05, 4.69) is 74.1 Å². The second-order valence-corrected chi connectivity index (χ2v) is 21.4. The van der Waals surface area contributed by atoms with Crippen LogP contribution in [0.5, 0.6) is 0 Å². The molecule has 4 saturated carbocycles. The molecule has 7 rings (SSSR count). The first-order valence-corrected chi connectivity index (χ1v) is 21.9. The first-order chi connectivity index (χ1) is 26.6. The summed E-state index contributed by atoms with van der Waals surface area (Å²) in [5.41, 5.74) is 6.44. The quantitative estimate of drug-likeness (QED) is 0.196. The molecule has 1 aromatic rings. The molecule has 5 aliphatic carbocycles. The molecule has 8 nitrogen and oxygen atoms in total. The van der Waals surface area contributed by atoms with Crippen molar-refractivity contribution < 1.29 is 29.0 Å². The van der Waals surface area contributed by atoms with E-state index < -0.39 is 22.8 Å². The first-order valence-electron chi connectivity index (χ1n) is 21.9. The molecule has 6 aliphatic rings. The summed E-state index contributed by atoms with van der Waals surface area (Å²) < 4.78 is 12.7. The zero-order valence-corrected chi connectivity index (χ0v) is 36.7. The van der Waals surface area contributed by atoms with E-state index in [4.69, 9.17) is 19.5 Å². The highest BCUT2D eigenvalue weighted by molar-refractivity contribution is 6.09. The van der Waals surface area contributed by atoms with Gasteiger partial charge in [0.25, 0.3) is 0 Å². The van der Waals surface area contributed by atoms with Crippen LogP contribution in [-0.2, 0) is 30.3 Å². The number of esters is 1. The van der Waals surface area contributed by atoms with Crippen molar-refractivity contribution in [3.8, 4) is 0 Å². The average molecular weight is 781 g/mol. The number of aliphatic imine (C=N–C) groups is 1. The van der Waals surface area contributed by atoms with Gasteiger partial charge in [-0.25, -0.2) is 0 Å². The maximum absolute atomic E-state index is 14.4. The Morgan fingerprint density at radius 1 is 1.00 bits per heavy atom. The zero-order valence-electron chi connectivity index (χ0n) is 36.7. The average Bonchev–Trinajstić information content (AvgIpc) is 3.25. The van der Waals surface area contributed by atoms with Crippen molar-refractivity contribution in [1.82, 2.24) is 4.98 Å². The fraction of sp³-hybridized carbons (Fsp3) is 0.714. The van der Waals surface area contributed by atoms with E-state index in [1.807, 2.05) is 12.3 Å². The molecule has 0 bridgehead atoms. The number of carboxylic acids is 1. The Hall–Kier alpha value is -3.51. The highest BCUT2D eigenvalue weighted by atomic mass is 16.5. The number of allylic oxidation sites excluding steroid dienone is 2. The van der Waals surface area contributed by atoms with Crippen LogP contribution in [0.25, 0.3) is 5.76 Å². The summed E-state index contributed by atoms with van der Waals surface area (Å²) in [6.07, 6.45) is 13.6. The highest BCUT2D eigenvalue weighted by Crippen LogP contribution is 2.80. The van der Waals surface area contributed by atoms with E-state index in [-0.39, 0.29) is 51.3 Å². The topological polar surface area (TPSA) is 115 Å². The van der Waals surface area contributed by atoms with Crippen molar-refractivity contribution in [2.24, 2.45) is 60.7 Å². The lowest BCUT2D eigenvalue weighted by molar-refractivity contribution is -0.248. The molecule has 2 heterocycles. The smallest absolute Gasteiger partial charge is 0.309 e.